The van der Waals surface area contributed by atoms with Gasteiger partial charge in [-0.2, -0.15) is 0 Å². The highest BCUT2D eigenvalue weighted by atomic mass is 16.5. The minimum atomic E-state index is 0.273. The van der Waals surface area contributed by atoms with Crippen LogP contribution in [0.1, 0.15) is 12.8 Å². The Hall–Kier alpha value is -0.120. The van der Waals surface area contributed by atoms with Gasteiger partial charge in [0.25, 0.3) is 0 Å². The first kappa shape index (κ1) is 7.53. The summed E-state index contributed by atoms with van der Waals surface area (Å²) in [7, 11) is 0. The lowest BCUT2D eigenvalue weighted by Gasteiger charge is -2.26. The Balaban J connectivity index is 1.82. The molecule has 2 unspecified atom stereocenters. The normalized spacial score (nSPS) is 39.3. The zero-order valence-corrected chi connectivity index (χ0v) is 6.71. The summed E-state index contributed by atoms with van der Waals surface area (Å²) in [6.45, 7) is 3.67. The summed E-state index contributed by atoms with van der Waals surface area (Å²) in [6.07, 6.45) is 2.71. The average Bonchev–Trinajstić information content (AvgIpc) is 2.58. The molecule has 0 radical (unpaired) electrons. The molecule has 3 heteroatoms. The first-order chi connectivity index (χ1) is 5.47. The standard InChI is InChI=1S/C8H15NO2/c1-2-7(6-10-4-1)8-9-3-5-11-8/h7-9H,1-6H2. The van der Waals surface area contributed by atoms with Crippen molar-refractivity contribution in [1.82, 2.24) is 5.32 Å². The maximum absolute atomic E-state index is 5.50. The molecular weight excluding hydrogens is 142 g/mol. The first-order valence-corrected chi connectivity index (χ1v) is 4.39. The van der Waals surface area contributed by atoms with Crippen LogP contribution in [0, 0.1) is 5.92 Å². The molecule has 2 heterocycles. The molecule has 1 N–H and O–H groups in total. The van der Waals surface area contributed by atoms with Crippen LogP contribution in [0.2, 0.25) is 0 Å². The van der Waals surface area contributed by atoms with E-state index in [1.54, 1.807) is 0 Å². The zero-order valence-electron chi connectivity index (χ0n) is 6.71. The van der Waals surface area contributed by atoms with Gasteiger partial charge < -0.3 is 9.47 Å². The summed E-state index contributed by atoms with van der Waals surface area (Å²) in [5.74, 6) is 0.589. The summed E-state index contributed by atoms with van der Waals surface area (Å²) in [5, 5.41) is 3.32. The van der Waals surface area contributed by atoms with Gasteiger partial charge in [-0.05, 0) is 12.8 Å². The van der Waals surface area contributed by atoms with E-state index in [4.69, 9.17) is 9.47 Å². The molecule has 3 nitrogen and oxygen atoms in total. The van der Waals surface area contributed by atoms with Crippen molar-refractivity contribution in [2.24, 2.45) is 5.92 Å². The van der Waals surface area contributed by atoms with Crippen molar-refractivity contribution in [2.45, 2.75) is 19.1 Å². The molecule has 0 aromatic heterocycles. The number of hydrogen-bond donors (Lipinski definition) is 1. The van der Waals surface area contributed by atoms with Crippen LogP contribution < -0.4 is 5.32 Å². The van der Waals surface area contributed by atoms with Gasteiger partial charge in [0.05, 0.1) is 13.2 Å². The number of nitrogens with one attached hydrogen (secondary N) is 1. The predicted octanol–water partition coefficient (Wildman–Crippen LogP) is 0.359. The Morgan fingerprint density at radius 3 is 2.91 bits per heavy atom. The van der Waals surface area contributed by atoms with Gasteiger partial charge in [0.1, 0.15) is 6.23 Å². The largest absolute Gasteiger partial charge is 0.381 e. The topological polar surface area (TPSA) is 30.5 Å². The van der Waals surface area contributed by atoms with Gasteiger partial charge in [0, 0.05) is 19.1 Å². The van der Waals surface area contributed by atoms with E-state index in [0.717, 1.165) is 26.4 Å². The van der Waals surface area contributed by atoms with E-state index >= 15 is 0 Å². The molecule has 2 aliphatic rings. The van der Waals surface area contributed by atoms with Gasteiger partial charge in [-0.25, -0.2) is 0 Å². The Morgan fingerprint density at radius 1 is 1.27 bits per heavy atom. The van der Waals surface area contributed by atoms with Crippen LogP contribution in [-0.2, 0) is 9.47 Å². The lowest BCUT2D eigenvalue weighted by molar-refractivity contribution is -0.0278. The zero-order chi connectivity index (χ0) is 7.52. The smallest absolute Gasteiger partial charge is 0.113 e. The summed E-state index contributed by atoms with van der Waals surface area (Å²) >= 11 is 0. The third-order valence-electron chi connectivity index (χ3n) is 2.37. The minimum Gasteiger partial charge on any atom is -0.381 e. The second kappa shape index (κ2) is 3.52. The van der Waals surface area contributed by atoms with Crippen LogP contribution in [0.4, 0.5) is 0 Å². The van der Waals surface area contributed by atoms with Crippen LogP contribution in [0.25, 0.3) is 0 Å². The van der Waals surface area contributed by atoms with Crippen LogP contribution >= 0.6 is 0 Å². The summed E-state index contributed by atoms with van der Waals surface area (Å²) in [6, 6.07) is 0. The molecule has 2 saturated heterocycles. The SMILES string of the molecule is C1COCC(C2NCCO2)C1. The van der Waals surface area contributed by atoms with E-state index in [-0.39, 0.29) is 6.23 Å². The first-order valence-electron chi connectivity index (χ1n) is 4.39. The quantitative estimate of drug-likeness (QED) is 0.596. The molecule has 0 saturated carbocycles. The molecule has 11 heavy (non-hydrogen) atoms. The van der Waals surface area contributed by atoms with Gasteiger partial charge in [-0.3, -0.25) is 5.32 Å². The van der Waals surface area contributed by atoms with Crippen molar-refractivity contribution in [3.63, 3.8) is 0 Å². The maximum atomic E-state index is 5.50. The highest BCUT2D eigenvalue weighted by Crippen LogP contribution is 2.19. The van der Waals surface area contributed by atoms with Crippen molar-refractivity contribution in [3.05, 3.63) is 0 Å². The molecule has 0 aromatic carbocycles. The molecule has 64 valence electrons. The molecule has 0 spiro atoms. The molecule has 0 aliphatic carbocycles. The van der Waals surface area contributed by atoms with E-state index in [2.05, 4.69) is 5.32 Å². The maximum Gasteiger partial charge on any atom is 0.113 e. The van der Waals surface area contributed by atoms with Crippen molar-refractivity contribution in [1.29, 1.82) is 0 Å². The van der Waals surface area contributed by atoms with E-state index in [1.807, 2.05) is 0 Å². The predicted molar refractivity (Wildman–Crippen MR) is 41.3 cm³/mol. The van der Waals surface area contributed by atoms with E-state index in [9.17, 15) is 0 Å². The van der Waals surface area contributed by atoms with Gasteiger partial charge >= 0.3 is 0 Å². The molecule has 0 amide bonds. The number of rotatable bonds is 1. The fraction of sp³-hybridized carbons (Fsp3) is 1.00. The van der Waals surface area contributed by atoms with Gasteiger partial charge in [-0.15, -0.1) is 0 Å². The van der Waals surface area contributed by atoms with Crippen molar-refractivity contribution >= 4 is 0 Å². The molecule has 0 aromatic rings. The Kier molecular flexibility index (Phi) is 2.41. The second-order valence-corrected chi connectivity index (χ2v) is 3.22. The third kappa shape index (κ3) is 1.72. The molecule has 2 rings (SSSR count). The van der Waals surface area contributed by atoms with Crippen LogP contribution in [0.3, 0.4) is 0 Å². The van der Waals surface area contributed by atoms with Gasteiger partial charge in [0.15, 0.2) is 0 Å². The van der Waals surface area contributed by atoms with Crippen LogP contribution in [-0.4, -0.2) is 32.6 Å². The number of hydrogen-bond acceptors (Lipinski definition) is 3. The van der Waals surface area contributed by atoms with Gasteiger partial charge in [-0.1, -0.05) is 0 Å². The van der Waals surface area contributed by atoms with E-state index in [0.29, 0.717) is 5.92 Å². The van der Waals surface area contributed by atoms with Crippen molar-refractivity contribution in [2.75, 3.05) is 26.4 Å². The van der Waals surface area contributed by atoms with Crippen molar-refractivity contribution < 1.29 is 9.47 Å². The Morgan fingerprint density at radius 2 is 2.27 bits per heavy atom. The lowest BCUT2D eigenvalue weighted by Crippen LogP contribution is -2.36. The number of ether oxygens (including phenoxy) is 2. The van der Waals surface area contributed by atoms with E-state index < -0.39 is 0 Å². The van der Waals surface area contributed by atoms with Crippen LogP contribution in [0.15, 0.2) is 0 Å². The third-order valence-corrected chi connectivity index (χ3v) is 2.37. The molecule has 0 bridgehead atoms. The van der Waals surface area contributed by atoms with E-state index in [1.165, 1.54) is 12.8 Å². The molecule has 2 aliphatic heterocycles. The fourth-order valence-electron chi connectivity index (χ4n) is 1.75. The van der Waals surface area contributed by atoms with Crippen molar-refractivity contribution in [3.8, 4) is 0 Å². The summed E-state index contributed by atoms with van der Waals surface area (Å²) in [4.78, 5) is 0. The average molecular weight is 157 g/mol. The summed E-state index contributed by atoms with van der Waals surface area (Å²) < 4.78 is 10.9. The highest BCUT2D eigenvalue weighted by molar-refractivity contribution is 4.74. The minimum absolute atomic E-state index is 0.273. The second-order valence-electron chi connectivity index (χ2n) is 3.22. The molecule has 2 atom stereocenters. The summed E-state index contributed by atoms with van der Waals surface area (Å²) in [5.41, 5.74) is 0. The fourth-order valence-corrected chi connectivity index (χ4v) is 1.75. The molecule has 2 fully saturated rings. The van der Waals surface area contributed by atoms with Crippen LogP contribution in [0.5, 0.6) is 0 Å². The monoisotopic (exact) mass is 157 g/mol. The highest BCUT2D eigenvalue weighted by Gasteiger charge is 2.26. The Labute approximate surface area is 67.1 Å². The Bertz CT molecular complexity index is 117. The van der Waals surface area contributed by atoms with Gasteiger partial charge in [0.2, 0.25) is 0 Å². The molecular formula is C8H15NO2. The lowest BCUT2D eigenvalue weighted by atomic mass is 10.0.